The van der Waals surface area contributed by atoms with Gasteiger partial charge >= 0.3 is 0 Å². The predicted octanol–water partition coefficient (Wildman–Crippen LogP) is 2.26. The molecule has 4 nitrogen and oxygen atoms in total. The lowest BCUT2D eigenvalue weighted by molar-refractivity contribution is 0.414. The molecule has 0 unspecified atom stereocenters. The molecule has 0 spiro atoms. The van der Waals surface area contributed by atoms with E-state index in [4.69, 9.17) is 4.74 Å². The molecule has 2 rings (SSSR count). The molecule has 0 amide bonds. The van der Waals surface area contributed by atoms with Gasteiger partial charge in [0, 0.05) is 13.6 Å². The Labute approximate surface area is 105 Å². The second-order valence-corrected chi connectivity index (χ2v) is 3.91. The third-order valence-electron chi connectivity index (χ3n) is 2.50. The maximum Gasteiger partial charge on any atom is 0.225 e. The Bertz CT molecular complexity index is 516. The standard InChI is InChI=1S/C13H14FN3O/c1-17(13-15-7-11(14)8-16-13)9-10-4-3-5-12(6-10)18-2/h3-8H,9H2,1-2H3. The molecule has 0 saturated carbocycles. The van der Waals surface area contributed by atoms with E-state index in [1.165, 1.54) is 0 Å². The van der Waals surface area contributed by atoms with E-state index in [1.807, 2.05) is 36.2 Å². The van der Waals surface area contributed by atoms with Gasteiger partial charge < -0.3 is 9.64 Å². The van der Waals surface area contributed by atoms with Gasteiger partial charge in [-0.15, -0.1) is 0 Å². The molecule has 0 atom stereocenters. The minimum absolute atomic E-state index is 0.437. The van der Waals surface area contributed by atoms with Crippen LogP contribution in [0.3, 0.4) is 0 Å². The molecule has 94 valence electrons. The minimum Gasteiger partial charge on any atom is -0.497 e. The van der Waals surface area contributed by atoms with Crippen LogP contribution in [-0.4, -0.2) is 24.1 Å². The van der Waals surface area contributed by atoms with Crippen molar-refractivity contribution >= 4 is 5.95 Å². The molecule has 1 heterocycles. The number of anilines is 1. The summed E-state index contributed by atoms with van der Waals surface area (Å²) >= 11 is 0. The summed E-state index contributed by atoms with van der Waals surface area (Å²) in [6.45, 7) is 0.628. The topological polar surface area (TPSA) is 38.2 Å². The van der Waals surface area contributed by atoms with E-state index in [0.29, 0.717) is 12.5 Å². The Morgan fingerprint density at radius 1 is 1.28 bits per heavy atom. The summed E-state index contributed by atoms with van der Waals surface area (Å²) in [6.07, 6.45) is 2.31. The Hall–Kier alpha value is -2.17. The van der Waals surface area contributed by atoms with Crippen LogP contribution in [0, 0.1) is 5.82 Å². The van der Waals surface area contributed by atoms with Crippen molar-refractivity contribution in [1.29, 1.82) is 0 Å². The van der Waals surface area contributed by atoms with Crippen molar-refractivity contribution in [3.63, 3.8) is 0 Å². The number of methoxy groups -OCH3 is 1. The number of halogens is 1. The predicted molar refractivity (Wildman–Crippen MR) is 67.1 cm³/mol. The summed E-state index contributed by atoms with van der Waals surface area (Å²) in [4.78, 5) is 9.69. The fourth-order valence-electron chi connectivity index (χ4n) is 1.62. The van der Waals surface area contributed by atoms with Crippen molar-refractivity contribution in [3.05, 3.63) is 48.0 Å². The normalized spacial score (nSPS) is 10.2. The molecule has 0 radical (unpaired) electrons. The molecule has 0 fully saturated rings. The Kier molecular flexibility index (Phi) is 3.72. The molecular weight excluding hydrogens is 233 g/mol. The average Bonchev–Trinajstić information content (AvgIpc) is 2.39. The number of hydrogen-bond donors (Lipinski definition) is 0. The van der Waals surface area contributed by atoms with Crippen LogP contribution >= 0.6 is 0 Å². The lowest BCUT2D eigenvalue weighted by Crippen LogP contribution is -2.19. The summed E-state index contributed by atoms with van der Waals surface area (Å²) in [5, 5.41) is 0. The highest BCUT2D eigenvalue weighted by Crippen LogP contribution is 2.15. The first kappa shape index (κ1) is 12.3. The summed E-state index contributed by atoms with van der Waals surface area (Å²) in [6, 6.07) is 7.74. The van der Waals surface area contributed by atoms with Gasteiger partial charge in [0.25, 0.3) is 0 Å². The van der Waals surface area contributed by atoms with Crippen molar-refractivity contribution < 1.29 is 9.13 Å². The monoisotopic (exact) mass is 247 g/mol. The Balaban J connectivity index is 2.10. The first-order valence-electron chi connectivity index (χ1n) is 5.50. The van der Waals surface area contributed by atoms with Gasteiger partial charge in [-0.1, -0.05) is 12.1 Å². The molecule has 1 aromatic heterocycles. The van der Waals surface area contributed by atoms with Gasteiger partial charge in [0.15, 0.2) is 5.82 Å². The fraction of sp³-hybridized carbons (Fsp3) is 0.231. The maximum absolute atomic E-state index is 12.7. The van der Waals surface area contributed by atoms with Gasteiger partial charge in [-0.2, -0.15) is 0 Å². The fourth-order valence-corrected chi connectivity index (χ4v) is 1.62. The Morgan fingerprint density at radius 3 is 2.67 bits per heavy atom. The molecule has 0 bridgehead atoms. The van der Waals surface area contributed by atoms with E-state index in [9.17, 15) is 4.39 Å². The molecule has 0 aliphatic carbocycles. The number of hydrogen-bond acceptors (Lipinski definition) is 4. The van der Waals surface area contributed by atoms with Crippen LogP contribution in [0.15, 0.2) is 36.7 Å². The van der Waals surface area contributed by atoms with E-state index in [-0.39, 0.29) is 0 Å². The van der Waals surface area contributed by atoms with Gasteiger partial charge in [-0.3, -0.25) is 0 Å². The first-order valence-corrected chi connectivity index (χ1v) is 5.50. The molecule has 0 saturated heterocycles. The van der Waals surface area contributed by atoms with Crippen LogP contribution < -0.4 is 9.64 Å². The lowest BCUT2D eigenvalue weighted by atomic mass is 10.2. The van der Waals surface area contributed by atoms with Crippen LogP contribution in [0.1, 0.15) is 5.56 Å². The second-order valence-electron chi connectivity index (χ2n) is 3.91. The van der Waals surface area contributed by atoms with E-state index < -0.39 is 5.82 Å². The highest BCUT2D eigenvalue weighted by atomic mass is 19.1. The summed E-state index contributed by atoms with van der Waals surface area (Å²) < 4.78 is 17.9. The van der Waals surface area contributed by atoms with Crippen molar-refractivity contribution in [2.24, 2.45) is 0 Å². The van der Waals surface area contributed by atoms with Crippen LogP contribution in [-0.2, 0) is 6.54 Å². The smallest absolute Gasteiger partial charge is 0.225 e. The molecule has 0 aliphatic rings. The molecule has 18 heavy (non-hydrogen) atoms. The lowest BCUT2D eigenvalue weighted by Gasteiger charge is -2.17. The largest absolute Gasteiger partial charge is 0.497 e. The van der Waals surface area contributed by atoms with Crippen molar-refractivity contribution in [2.45, 2.75) is 6.54 Å². The number of ether oxygens (including phenoxy) is 1. The van der Waals surface area contributed by atoms with Crippen LogP contribution in [0.25, 0.3) is 0 Å². The Morgan fingerprint density at radius 2 is 2.00 bits per heavy atom. The second kappa shape index (κ2) is 5.44. The van der Waals surface area contributed by atoms with Crippen molar-refractivity contribution in [1.82, 2.24) is 9.97 Å². The third-order valence-corrected chi connectivity index (χ3v) is 2.50. The van der Waals surface area contributed by atoms with Gasteiger partial charge in [-0.05, 0) is 17.7 Å². The molecule has 2 aromatic rings. The average molecular weight is 247 g/mol. The van der Waals surface area contributed by atoms with Crippen LogP contribution in [0.4, 0.5) is 10.3 Å². The molecule has 1 aromatic carbocycles. The number of rotatable bonds is 4. The zero-order valence-corrected chi connectivity index (χ0v) is 10.3. The molecular formula is C13H14FN3O. The zero-order chi connectivity index (χ0) is 13.0. The SMILES string of the molecule is COc1cccc(CN(C)c2ncc(F)cn2)c1. The number of aromatic nitrogens is 2. The number of benzene rings is 1. The maximum atomic E-state index is 12.7. The molecule has 0 N–H and O–H groups in total. The summed E-state index contributed by atoms with van der Waals surface area (Å²) in [5.74, 6) is 0.855. The zero-order valence-electron chi connectivity index (χ0n) is 10.3. The highest BCUT2D eigenvalue weighted by Gasteiger charge is 2.05. The van der Waals surface area contributed by atoms with Gasteiger partial charge in [-0.25, -0.2) is 14.4 Å². The van der Waals surface area contributed by atoms with Gasteiger partial charge in [0.05, 0.1) is 19.5 Å². The summed E-state index contributed by atoms with van der Waals surface area (Å²) in [5.41, 5.74) is 1.07. The highest BCUT2D eigenvalue weighted by molar-refractivity contribution is 5.34. The third kappa shape index (κ3) is 2.94. The quantitative estimate of drug-likeness (QED) is 0.830. The van der Waals surface area contributed by atoms with Crippen molar-refractivity contribution in [2.75, 3.05) is 19.1 Å². The minimum atomic E-state index is -0.437. The summed E-state index contributed by atoms with van der Waals surface area (Å²) in [7, 11) is 3.48. The van der Waals surface area contributed by atoms with Crippen LogP contribution in [0.5, 0.6) is 5.75 Å². The first-order chi connectivity index (χ1) is 8.69. The molecule has 0 aliphatic heterocycles. The van der Waals surface area contributed by atoms with E-state index in [2.05, 4.69) is 9.97 Å². The van der Waals surface area contributed by atoms with Gasteiger partial charge in [0.1, 0.15) is 5.75 Å². The number of nitrogens with zero attached hydrogens (tertiary/aromatic N) is 3. The molecule has 5 heteroatoms. The van der Waals surface area contributed by atoms with E-state index in [1.54, 1.807) is 7.11 Å². The van der Waals surface area contributed by atoms with Crippen molar-refractivity contribution in [3.8, 4) is 5.75 Å². The van der Waals surface area contributed by atoms with Gasteiger partial charge in [0.2, 0.25) is 5.95 Å². The van der Waals surface area contributed by atoms with E-state index >= 15 is 0 Å². The van der Waals surface area contributed by atoms with Crippen LogP contribution in [0.2, 0.25) is 0 Å². The van der Waals surface area contributed by atoms with E-state index in [0.717, 1.165) is 23.7 Å².